The van der Waals surface area contributed by atoms with E-state index in [-0.39, 0.29) is 16.0 Å². The highest BCUT2D eigenvalue weighted by Crippen LogP contribution is 2.16. The van der Waals surface area contributed by atoms with Crippen molar-refractivity contribution in [1.29, 1.82) is 0 Å². The normalized spacial score (nSPS) is 15.8. The minimum atomic E-state index is -3.70. The molecule has 0 aliphatic carbocycles. The van der Waals surface area contributed by atoms with Crippen molar-refractivity contribution in [3.05, 3.63) is 53.4 Å². The number of benzene rings is 1. The molecule has 3 rings (SSSR count). The lowest BCUT2D eigenvalue weighted by Gasteiger charge is -2.36. The van der Waals surface area contributed by atoms with Crippen LogP contribution in [0.25, 0.3) is 0 Å². The first-order chi connectivity index (χ1) is 14.4. The van der Waals surface area contributed by atoms with Crippen molar-refractivity contribution >= 4 is 33.2 Å². The Balaban J connectivity index is 1.43. The van der Waals surface area contributed by atoms with Crippen molar-refractivity contribution in [1.82, 2.24) is 14.5 Å². The average Bonchev–Trinajstić information content (AvgIpc) is 3.30. The minimum absolute atomic E-state index is 0.101. The molecule has 2 amide bonds. The van der Waals surface area contributed by atoms with Crippen molar-refractivity contribution in [3.8, 4) is 0 Å². The minimum Gasteiger partial charge on any atom is -0.339 e. The van der Waals surface area contributed by atoms with Crippen molar-refractivity contribution in [2.24, 2.45) is 0 Å². The second kappa shape index (κ2) is 10.2. The predicted octanol–water partition coefficient (Wildman–Crippen LogP) is 2.11. The lowest BCUT2D eigenvalue weighted by molar-refractivity contribution is -0.140. The molecule has 1 aliphatic rings. The van der Waals surface area contributed by atoms with Crippen molar-refractivity contribution < 1.29 is 18.0 Å². The molecule has 1 N–H and O–H groups in total. The molecule has 1 fully saturated rings. The van der Waals surface area contributed by atoms with Crippen LogP contribution in [-0.4, -0.2) is 62.3 Å². The van der Waals surface area contributed by atoms with Crippen LogP contribution in [0.3, 0.4) is 0 Å². The SMILES string of the molecule is CC(NS(=O)(=O)c1cccs1)C(=O)N1CCN(C(=O)CCCc2ccccc2)CC1. The Morgan fingerprint density at radius 1 is 1.03 bits per heavy atom. The van der Waals surface area contributed by atoms with E-state index in [1.165, 1.54) is 11.6 Å². The number of sulfonamides is 1. The number of carbonyl (C=O) groups excluding carboxylic acids is 2. The lowest BCUT2D eigenvalue weighted by atomic mass is 10.1. The van der Waals surface area contributed by atoms with Gasteiger partial charge in [-0.25, -0.2) is 8.42 Å². The van der Waals surface area contributed by atoms with Gasteiger partial charge >= 0.3 is 0 Å². The average molecular weight is 450 g/mol. The van der Waals surface area contributed by atoms with Gasteiger partial charge in [0.25, 0.3) is 10.0 Å². The van der Waals surface area contributed by atoms with E-state index in [2.05, 4.69) is 16.9 Å². The molecule has 1 atom stereocenters. The second-order valence-corrected chi connectivity index (χ2v) is 10.2. The molecule has 1 aromatic carbocycles. The number of rotatable bonds is 8. The smallest absolute Gasteiger partial charge is 0.250 e. The predicted molar refractivity (Wildman–Crippen MR) is 117 cm³/mol. The van der Waals surface area contributed by atoms with Crippen LogP contribution < -0.4 is 4.72 Å². The lowest BCUT2D eigenvalue weighted by Crippen LogP contribution is -2.55. The summed E-state index contributed by atoms with van der Waals surface area (Å²) in [4.78, 5) is 28.5. The third-order valence-corrected chi connectivity index (χ3v) is 8.04. The van der Waals surface area contributed by atoms with E-state index in [0.717, 1.165) is 24.2 Å². The quantitative estimate of drug-likeness (QED) is 0.669. The maximum Gasteiger partial charge on any atom is 0.250 e. The van der Waals surface area contributed by atoms with Gasteiger partial charge in [-0.15, -0.1) is 11.3 Å². The van der Waals surface area contributed by atoms with Crippen LogP contribution in [-0.2, 0) is 26.0 Å². The number of nitrogens with zero attached hydrogens (tertiary/aromatic N) is 2. The molecule has 0 saturated carbocycles. The van der Waals surface area contributed by atoms with Gasteiger partial charge in [0.2, 0.25) is 11.8 Å². The first kappa shape index (κ1) is 22.5. The van der Waals surface area contributed by atoms with Gasteiger partial charge in [-0.05, 0) is 36.8 Å². The largest absolute Gasteiger partial charge is 0.339 e. The number of amides is 2. The molecule has 7 nitrogen and oxygen atoms in total. The molecular weight excluding hydrogens is 422 g/mol. The van der Waals surface area contributed by atoms with Crippen molar-refractivity contribution in [2.45, 2.75) is 36.4 Å². The van der Waals surface area contributed by atoms with Crippen molar-refractivity contribution in [2.75, 3.05) is 26.2 Å². The maximum absolute atomic E-state index is 12.6. The van der Waals surface area contributed by atoms with Gasteiger partial charge in [0.1, 0.15) is 4.21 Å². The molecule has 2 aromatic rings. The zero-order chi connectivity index (χ0) is 21.6. The summed E-state index contributed by atoms with van der Waals surface area (Å²) in [6.07, 6.45) is 2.15. The zero-order valence-electron chi connectivity index (χ0n) is 17.0. The number of aryl methyl sites for hydroxylation is 1. The summed E-state index contributed by atoms with van der Waals surface area (Å²) >= 11 is 1.11. The molecule has 30 heavy (non-hydrogen) atoms. The number of carbonyl (C=O) groups is 2. The molecule has 1 unspecified atom stereocenters. The van der Waals surface area contributed by atoms with Crippen LogP contribution in [0.2, 0.25) is 0 Å². The van der Waals surface area contributed by atoms with Crippen LogP contribution >= 0.6 is 11.3 Å². The third kappa shape index (κ3) is 5.90. The van der Waals surface area contributed by atoms with Gasteiger partial charge in [0.05, 0.1) is 6.04 Å². The Kier molecular flexibility index (Phi) is 7.63. The Morgan fingerprint density at radius 2 is 1.70 bits per heavy atom. The Bertz CT molecular complexity index is 938. The monoisotopic (exact) mass is 449 g/mol. The van der Waals surface area contributed by atoms with Gasteiger partial charge in [-0.2, -0.15) is 4.72 Å². The first-order valence-electron chi connectivity index (χ1n) is 10.0. The molecule has 1 aliphatic heterocycles. The van der Waals surface area contributed by atoms with Crippen LogP contribution in [0.5, 0.6) is 0 Å². The first-order valence-corrected chi connectivity index (χ1v) is 12.4. The maximum atomic E-state index is 12.6. The van der Waals surface area contributed by atoms with Gasteiger partial charge in [0, 0.05) is 32.6 Å². The van der Waals surface area contributed by atoms with Crippen molar-refractivity contribution in [3.63, 3.8) is 0 Å². The van der Waals surface area contributed by atoms with Crippen LogP contribution in [0.15, 0.2) is 52.1 Å². The summed E-state index contributed by atoms with van der Waals surface area (Å²) in [5, 5.41) is 1.68. The Hall–Kier alpha value is -2.23. The number of thiophene rings is 1. The van der Waals surface area contributed by atoms with Gasteiger partial charge in [-0.3, -0.25) is 9.59 Å². The number of nitrogens with one attached hydrogen (secondary N) is 1. The fourth-order valence-electron chi connectivity index (χ4n) is 3.45. The van der Waals surface area contributed by atoms with Crippen LogP contribution in [0, 0.1) is 0 Å². The van der Waals surface area contributed by atoms with E-state index in [9.17, 15) is 18.0 Å². The molecular formula is C21H27N3O4S2. The van der Waals surface area contributed by atoms with E-state index >= 15 is 0 Å². The standard InChI is InChI=1S/C21H27N3O4S2/c1-17(22-30(27,28)20-11-6-16-29-20)21(26)24-14-12-23(13-15-24)19(25)10-5-9-18-7-3-2-4-8-18/h2-4,6-8,11,16-17,22H,5,9-10,12-15H2,1H3. The molecule has 2 heterocycles. The summed E-state index contributed by atoms with van der Waals surface area (Å²) in [6, 6.07) is 12.4. The van der Waals surface area contributed by atoms with Crippen LogP contribution in [0.1, 0.15) is 25.3 Å². The van der Waals surface area contributed by atoms with E-state index in [4.69, 9.17) is 0 Å². The molecule has 162 valence electrons. The molecule has 1 saturated heterocycles. The topological polar surface area (TPSA) is 86.8 Å². The molecule has 9 heteroatoms. The summed E-state index contributed by atoms with van der Waals surface area (Å²) in [5.41, 5.74) is 1.22. The highest BCUT2D eigenvalue weighted by molar-refractivity contribution is 7.91. The summed E-state index contributed by atoms with van der Waals surface area (Å²) in [5.74, 6) is -0.171. The van der Waals surface area contributed by atoms with E-state index in [1.54, 1.807) is 28.2 Å². The van der Waals surface area contributed by atoms with E-state index in [0.29, 0.717) is 32.6 Å². The number of piperazine rings is 1. The highest BCUT2D eigenvalue weighted by atomic mass is 32.2. The van der Waals surface area contributed by atoms with Gasteiger partial charge in [0.15, 0.2) is 0 Å². The summed E-state index contributed by atoms with van der Waals surface area (Å²) in [7, 11) is -3.70. The van der Waals surface area contributed by atoms with E-state index < -0.39 is 16.1 Å². The van der Waals surface area contributed by atoms with E-state index in [1.807, 2.05) is 18.2 Å². The summed E-state index contributed by atoms with van der Waals surface area (Å²) in [6.45, 7) is 3.32. The molecule has 0 bridgehead atoms. The summed E-state index contributed by atoms with van der Waals surface area (Å²) < 4.78 is 27.3. The fourth-order valence-corrected chi connectivity index (χ4v) is 5.66. The number of hydrogen-bond donors (Lipinski definition) is 1. The molecule has 1 aromatic heterocycles. The Labute approximate surface area is 181 Å². The molecule has 0 spiro atoms. The number of hydrogen-bond acceptors (Lipinski definition) is 5. The highest BCUT2D eigenvalue weighted by Gasteiger charge is 2.29. The van der Waals surface area contributed by atoms with Gasteiger partial charge in [-0.1, -0.05) is 36.4 Å². The van der Waals surface area contributed by atoms with Gasteiger partial charge < -0.3 is 9.80 Å². The zero-order valence-corrected chi connectivity index (χ0v) is 18.6. The Morgan fingerprint density at radius 3 is 2.33 bits per heavy atom. The second-order valence-electron chi connectivity index (χ2n) is 7.32. The third-order valence-electron chi connectivity index (χ3n) is 5.11. The fraction of sp³-hybridized carbons (Fsp3) is 0.429. The van der Waals surface area contributed by atoms with Crippen LogP contribution in [0.4, 0.5) is 0 Å². The molecule has 0 radical (unpaired) electrons.